The van der Waals surface area contributed by atoms with Gasteiger partial charge in [0.25, 0.3) is 0 Å². The third-order valence-electron chi connectivity index (χ3n) is 4.52. The second kappa shape index (κ2) is 6.64. The molecule has 0 amide bonds. The highest BCUT2D eigenvalue weighted by Gasteiger charge is 2.15. The lowest BCUT2D eigenvalue weighted by molar-refractivity contribution is -0.389. The molecule has 0 saturated carbocycles. The zero-order valence-electron chi connectivity index (χ0n) is 14.7. The number of rotatable bonds is 4. The number of aromatic nitrogens is 4. The van der Waals surface area contributed by atoms with Crippen molar-refractivity contribution in [2.24, 2.45) is 0 Å². The van der Waals surface area contributed by atoms with Crippen LogP contribution in [0, 0.1) is 15.9 Å². The summed E-state index contributed by atoms with van der Waals surface area (Å²) in [5, 5.41) is 11.7. The Kier molecular flexibility index (Phi) is 3.95. The van der Waals surface area contributed by atoms with Crippen LogP contribution < -0.4 is 0 Å². The average Bonchev–Trinajstić information content (AvgIpc) is 3.45. The highest BCUT2D eigenvalue weighted by Crippen LogP contribution is 2.31. The molecule has 5 aromatic rings. The number of nitrogens with zero attached hydrogens (tertiary/aromatic N) is 4. The first-order chi connectivity index (χ1) is 14.1. The number of nitrogens with one attached hydrogen (secondary N) is 1. The van der Waals surface area contributed by atoms with E-state index in [1.807, 2.05) is 28.8 Å². The zero-order chi connectivity index (χ0) is 20.0. The minimum atomic E-state index is -0.469. The summed E-state index contributed by atoms with van der Waals surface area (Å²) in [5.74, 6) is -0.351. The Morgan fingerprint density at radius 1 is 1.10 bits per heavy atom. The normalized spacial score (nSPS) is 11.2. The third kappa shape index (κ3) is 3.07. The summed E-state index contributed by atoms with van der Waals surface area (Å²) in [6.45, 7) is 0. The minimum Gasteiger partial charge on any atom is -0.358 e. The molecule has 9 heteroatoms. The van der Waals surface area contributed by atoms with Crippen LogP contribution in [0.1, 0.15) is 0 Å². The van der Waals surface area contributed by atoms with Crippen LogP contribution in [-0.2, 0) is 0 Å². The van der Waals surface area contributed by atoms with Gasteiger partial charge < -0.3 is 10.1 Å². The lowest BCUT2D eigenvalue weighted by atomic mass is 10.2. The van der Waals surface area contributed by atoms with Gasteiger partial charge >= 0.3 is 5.82 Å². The second-order valence-electron chi connectivity index (χ2n) is 6.34. The molecule has 0 atom stereocenters. The van der Waals surface area contributed by atoms with Crippen molar-refractivity contribution < 1.29 is 9.31 Å². The Labute approximate surface area is 167 Å². The fourth-order valence-electron chi connectivity index (χ4n) is 3.13. The predicted molar refractivity (Wildman–Crippen MR) is 109 cm³/mol. The van der Waals surface area contributed by atoms with Gasteiger partial charge in [-0.05, 0) is 53.5 Å². The summed E-state index contributed by atoms with van der Waals surface area (Å²) in [7, 11) is 0. The molecular weight excluding hydrogens is 393 g/mol. The number of H-pyrrole nitrogens is 1. The standard InChI is InChI=1S/C20H12FN5O2S/c21-13-3-6-16-18(9-13)29-20(24-16)12-1-4-14(5-2-12)25-11-22-10-17(25)15-7-8-19(23-15)26(27)28/h1-11,23H. The number of nitro groups is 1. The molecule has 3 aromatic heterocycles. The molecule has 2 aromatic carbocycles. The van der Waals surface area contributed by atoms with Crippen molar-refractivity contribution in [1.29, 1.82) is 0 Å². The maximum Gasteiger partial charge on any atom is 0.321 e. The van der Waals surface area contributed by atoms with E-state index in [4.69, 9.17) is 0 Å². The summed E-state index contributed by atoms with van der Waals surface area (Å²) in [6.07, 6.45) is 3.29. The second-order valence-corrected chi connectivity index (χ2v) is 7.37. The van der Waals surface area contributed by atoms with E-state index in [0.29, 0.717) is 11.4 Å². The molecule has 0 saturated heterocycles. The largest absolute Gasteiger partial charge is 0.358 e. The molecule has 0 radical (unpaired) electrons. The molecule has 142 valence electrons. The summed E-state index contributed by atoms with van der Waals surface area (Å²) >= 11 is 1.43. The highest BCUT2D eigenvalue weighted by atomic mass is 32.1. The topological polar surface area (TPSA) is 89.6 Å². The van der Waals surface area contributed by atoms with Gasteiger partial charge in [-0.3, -0.25) is 4.57 Å². The van der Waals surface area contributed by atoms with Crippen LogP contribution in [0.4, 0.5) is 10.2 Å². The van der Waals surface area contributed by atoms with Crippen molar-refractivity contribution in [1.82, 2.24) is 19.5 Å². The van der Waals surface area contributed by atoms with E-state index in [1.165, 1.54) is 29.5 Å². The lowest BCUT2D eigenvalue weighted by Crippen LogP contribution is -1.95. The van der Waals surface area contributed by atoms with E-state index < -0.39 is 4.92 Å². The Morgan fingerprint density at radius 3 is 2.69 bits per heavy atom. The lowest BCUT2D eigenvalue weighted by Gasteiger charge is -2.06. The number of fused-ring (bicyclic) bond motifs is 1. The van der Waals surface area contributed by atoms with Crippen molar-refractivity contribution in [2.45, 2.75) is 0 Å². The first kappa shape index (κ1) is 17.3. The SMILES string of the molecule is O=[N+]([O-])c1ccc(-c2cncn2-c2ccc(-c3nc4ccc(F)cc4s3)cc2)[nH]1. The molecule has 0 bridgehead atoms. The van der Waals surface area contributed by atoms with Crippen molar-refractivity contribution in [3.05, 3.63) is 83.1 Å². The fourth-order valence-corrected chi connectivity index (χ4v) is 4.12. The van der Waals surface area contributed by atoms with Crippen LogP contribution in [0.25, 0.3) is 37.9 Å². The van der Waals surface area contributed by atoms with E-state index >= 15 is 0 Å². The molecule has 0 unspecified atom stereocenters. The van der Waals surface area contributed by atoms with Crippen molar-refractivity contribution in [3.63, 3.8) is 0 Å². The third-order valence-corrected chi connectivity index (χ3v) is 5.59. The van der Waals surface area contributed by atoms with Gasteiger partial charge in [-0.15, -0.1) is 11.3 Å². The molecule has 0 aliphatic carbocycles. The molecule has 0 aliphatic rings. The average molecular weight is 405 g/mol. The minimum absolute atomic E-state index is 0.0737. The summed E-state index contributed by atoms with van der Waals surface area (Å²) in [6, 6.07) is 15.3. The van der Waals surface area contributed by atoms with Gasteiger partial charge in [0.2, 0.25) is 0 Å². The van der Waals surface area contributed by atoms with Gasteiger partial charge in [0.05, 0.1) is 22.7 Å². The molecule has 1 N–H and O–H groups in total. The van der Waals surface area contributed by atoms with Crippen molar-refractivity contribution >= 4 is 27.4 Å². The van der Waals surface area contributed by atoms with E-state index in [9.17, 15) is 14.5 Å². The monoisotopic (exact) mass is 405 g/mol. The Balaban J connectivity index is 1.49. The summed E-state index contributed by atoms with van der Waals surface area (Å²) in [4.78, 5) is 22.0. The van der Waals surface area contributed by atoms with Gasteiger partial charge in [0, 0.05) is 17.3 Å². The number of aromatic amines is 1. The first-order valence-corrected chi connectivity index (χ1v) is 9.43. The number of benzene rings is 2. The number of halogens is 1. The first-order valence-electron chi connectivity index (χ1n) is 8.61. The number of thiazole rings is 1. The molecule has 29 heavy (non-hydrogen) atoms. The number of hydrogen-bond acceptors (Lipinski definition) is 5. The van der Waals surface area contributed by atoms with E-state index in [-0.39, 0.29) is 11.6 Å². The Bertz CT molecular complexity index is 1350. The summed E-state index contributed by atoms with van der Waals surface area (Å²) in [5.41, 5.74) is 3.85. The Morgan fingerprint density at radius 2 is 1.93 bits per heavy atom. The van der Waals surface area contributed by atoms with E-state index in [1.54, 1.807) is 24.7 Å². The van der Waals surface area contributed by atoms with Crippen molar-refractivity contribution in [2.75, 3.05) is 0 Å². The maximum atomic E-state index is 13.4. The van der Waals surface area contributed by atoms with Crippen LogP contribution >= 0.6 is 11.3 Å². The number of hydrogen-bond donors (Lipinski definition) is 1. The van der Waals surface area contributed by atoms with Gasteiger partial charge in [0.1, 0.15) is 16.5 Å². The van der Waals surface area contributed by atoms with Gasteiger partial charge in [-0.1, -0.05) is 0 Å². The molecule has 7 nitrogen and oxygen atoms in total. The highest BCUT2D eigenvalue weighted by molar-refractivity contribution is 7.21. The zero-order valence-corrected chi connectivity index (χ0v) is 15.6. The van der Waals surface area contributed by atoms with Crippen LogP contribution in [0.2, 0.25) is 0 Å². The Hall–Kier alpha value is -3.85. The predicted octanol–water partition coefficient (Wildman–Crippen LogP) is 5.19. The van der Waals surface area contributed by atoms with Crippen LogP contribution in [0.15, 0.2) is 67.1 Å². The van der Waals surface area contributed by atoms with Crippen LogP contribution in [-0.4, -0.2) is 24.4 Å². The molecule has 3 heterocycles. The molecule has 5 rings (SSSR count). The van der Waals surface area contributed by atoms with Gasteiger partial charge in [0.15, 0.2) is 5.69 Å². The van der Waals surface area contributed by atoms with Crippen LogP contribution in [0.3, 0.4) is 0 Å². The van der Waals surface area contributed by atoms with Gasteiger partial charge in [-0.25, -0.2) is 19.3 Å². The smallest absolute Gasteiger partial charge is 0.321 e. The summed E-state index contributed by atoms with van der Waals surface area (Å²) < 4.78 is 16.1. The quantitative estimate of drug-likeness (QED) is 0.329. The molecule has 0 aliphatic heterocycles. The van der Waals surface area contributed by atoms with Gasteiger partial charge in [-0.2, -0.15) is 0 Å². The molecule has 0 fully saturated rings. The molecule has 0 spiro atoms. The fraction of sp³-hybridized carbons (Fsp3) is 0. The van der Waals surface area contributed by atoms with E-state index in [0.717, 1.165) is 26.5 Å². The maximum absolute atomic E-state index is 13.4. The van der Waals surface area contributed by atoms with Crippen LogP contribution in [0.5, 0.6) is 0 Å². The van der Waals surface area contributed by atoms with E-state index in [2.05, 4.69) is 15.0 Å². The number of imidazole rings is 1. The van der Waals surface area contributed by atoms with Crippen molar-refractivity contribution in [3.8, 4) is 27.6 Å². The molecular formula is C20H12FN5O2S.